The highest BCUT2D eigenvalue weighted by atomic mass is 35.5. The molecule has 3 atom stereocenters. The van der Waals surface area contributed by atoms with Crippen molar-refractivity contribution in [2.45, 2.75) is 45.4 Å². The average molecular weight is 562 g/mol. The van der Waals surface area contributed by atoms with E-state index in [0.717, 1.165) is 0 Å². The van der Waals surface area contributed by atoms with Crippen molar-refractivity contribution in [3.05, 3.63) is 42.7 Å². The molecule has 0 spiro atoms. The van der Waals surface area contributed by atoms with Crippen LogP contribution in [0.15, 0.2) is 42.7 Å². The number of aromatic nitrogens is 3. The molecule has 0 aliphatic carbocycles. The first-order valence-corrected chi connectivity index (χ1v) is 12.0. The lowest BCUT2D eigenvalue weighted by Gasteiger charge is -2.34. The molecule has 1 aliphatic heterocycles. The lowest BCUT2D eigenvalue weighted by atomic mass is 9.85. The molecule has 0 bridgehead atoms. The highest BCUT2D eigenvalue weighted by Crippen LogP contribution is 2.33. The molecule has 12 nitrogen and oxygen atoms in total. The molecule has 13 heteroatoms. The quantitative estimate of drug-likeness (QED) is 0.416. The standard InChI is InChI=1S/C26H31N5O7.ClH/c1-26(2,3)22(29-25(34)35)23(32)30-14-16(12-19(30)24(33)37-5)38-20-13-21(31-10-6-9-27-31)28-18-11-15(36-4)7-8-17(18)20;/h6-11,13,16,19,22,29H,12,14H2,1-5H3,(H,34,35);1H/t16-,19+,22-;/m1./s1. The van der Waals surface area contributed by atoms with E-state index >= 15 is 0 Å². The minimum Gasteiger partial charge on any atom is -0.497 e. The van der Waals surface area contributed by atoms with E-state index in [1.165, 1.54) is 12.0 Å². The molecular weight excluding hydrogens is 530 g/mol. The molecule has 0 unspecified atom stereocenters. The number of pyridine rings is 1. The van der Waals surface area contributed by atoms with Crippen LogP contribution in [0.5, 0.6) is 11.5 Å². The highest BCUT2D eigenvalue weighted by molar-refractivity contribution is 5.91. The van der Waals surface area contributed by atoms with E-state index in [9.17, 15) is 19.5 Å². The van der Waals surface area contributed by atoms with E-state index in [0.29, 0.717) is 28.2 Å². The van der Waals surface area contributed by atoms with Gasteiger partial charge in [-0.05, 0) is 23.6 Å². The van der Waals surface area contributed by atoms with Crippen molar-refractivity contribution < 1.29 is 33.7 Å². The molecule has 2 N–H and O–H groups in total. The van der Waals surface area contributed by atoms with E-state index in [1.54, 1.807) is 69.2 Å². The van der Waals surface area contributed by atoms with E-state index in [-0.39, 0.29) is 25.4 Å². The summed E-state index contributed by atoms with van der Waals surface area (Å²) >= 11 is 0. The van der Waals surface area contributed by atoms with Crippen LogP contribution in [0, 0.1) is 5.41 Å². The molecule has 39 heavy (non-hydrogen) atoms. The predicted octanol–water partition coefficient (Wildman–Crippen LogP) is 3.05. The summed E-state index contributed by atoms with van der Waals surface area (Å²) in [7, 11) is 2.81. The Morgan fingerprint density at radius 3 is 2.51 bits per heavy atom. The topological polar surface area (TPSA) is 145 Å². The van der Waals surface area contributed by atoms with Gasteiger partial charge in [-0.2, -0.15) is 5.10 Å². The van der Waals surface area contributed by atoms with Crippen molar-refractivity contribution in [2.24, 2.45) is 5.41 Å². The second kappa shape index (κ2) is 11.8. The number of fused-ring (bicyclic) bond motifs is 1. The SMILES string of the molecule is COC(=O)[C@@H]1C[C@@H](Oc2cc(-n3cccn3)nc3cc(OC)ccc23)CN1C(=O)[C@@H](NC(=O)O)C(C)(C)C.Cl. The predicted molar refractivity (Wildman–Crippen MR) is 144 cm³/mol. The van der Waals surface area contributed by atoms with Crippen molar-refractivity contribution in [3.63, 3.8) is 0 Å². The van der Waals surface area contributed by atoms with E-state index in [2.05, 4.69) is 15.4 Å². The number of nitrogens with zero attached hydrogens (tertiary/aromatic N) is 4. The summed E-state index contributed by atoms with van der Waals surface area (Å²) in [6.07, 6.45) is 1.65. The third-order valence-corrected chi connectivity index (χ3v) is 6.40. The van der Waals surface area contributed by atoms with Crippen LogP contribution < -0.4 is 14.8 Å². The maximum atomic E-state index is 13.6. The Balaban J connectivity index is 0.00000420. The van der Waals surface area contributed by atoms with Crippen molar-refractivity contribution in [2.75, 3.05) is 20.8 Å². The molecule has 1 fully saturated rings. The summed E-state index contributed by atoms with van der Waals surface area (Å²) in [6.45, 7) is 5.30. The molecule has 0 radical (unpaired) electrons. The number of carboxylic acid groups (broad SMARTS) is 1. The van der Waals surface area contributed by atoms with Gasteiger partial charge in [-0.15, -0.1) is 12.4 Å². The normalized spacial score (nSPS) is 17.7. The van der Waals surface area contributed by atoms with Gasteiger partial charge < -0.3 is 29.5 Å². The van der Waals surface area contributed by atoms with E-state index < -0.39 is 41.6 Å². The number of esters is 1. The number of likely N-dealkylation sites (tertiary alicyclic amines) is 1. The number of rotatable bonds is 7. The van der Waals surface area contributed by atoms with Gasteiger partial charge >= 0.3 is 12.1 Å². The van der Waals surface area contributed by atoms with Crippen LogP contribution in [0.25, 0.3) is 16.7 Å². The number of methoxy groups -OCH3 is 2. The van der Waals surface area contributed by atoms with Crippen LogP contribution in [-0.4, -0.2) is 81.7 Å². The second-order valence-electron chi connectivity index (χ2n) is 10.1. The summed E-state index contributed by atoms with van der Waals surface area (Å²) in [4.78, 5) is 43.7. The lowest BCUT2D eigenvalue weighted by molar-refractivity contribution is -0.152. The number of nitrogens with one attached hydrogen (secondary N) is 1. The summed E-state index contributed by atoms with van der Waals surface area (Å²) in [5, 5.41) is 16.6. The van der Waals surface area contributed by atoms with Gasteiger partial charge in [0.05, 0.1) is 26.3 Å². The smallest absolute Gasteiger partial charge is 0.405 e. The Labute approximate surface area is 231 Å². The monoisotopic (exact) mass is 561 g/mol. The van der Waals surface area contributed by atoms with Gasteiger partial charge in [-0.3, -0.25) is 4.79 Å². The Morgan fingerprint density at radius 2 is 1.92 bits per heavy atom. The van der Waals surface area contributed by atoms with Crippen molar-refractivity contribution >= 4 is 41.3 Å². The third-order valence-electron chi connectivity index (χ3n) is 6.40. The van der Waals surface area contributed by atoms with Crippen LogP contribution in [-0.2, 0) is 14.3 Å². The Morgan fingerprint density at radius 1 is 1.18 bits per heavy atom. The van der Waals surface area contributed by atoms with E-state index in [4.69, 9.17) is 14.2 Å². The zero-order valence-electron chi connectivity index (χ0n) is 22.3. The number of benzene rings is 1. The molecule has 1 aliphatic rings. The molecule has 2 aromatic heterocycles. The lowest BCUT2D eigenvalue weighted by Crippen LogP contribution is -2.56. The third kappa shape index (κ3) is 6.33. The number of hydrogen-bond donors (Lipinski definition) is 2. The van der Waals surface area contributed by atoms with Crippen LogP contribution in [0.3, 0.4) is 0 Å². The molecule has 4 rings (SSSR count). The summed E-state index contributed by atoms with van der Waals surface area (Å²) in [6, 6.07) is 6.90. The van der Waals surface area contributed by atoms with Crippen molar-refractivity contribution in [1.82, 2.24) is 25.0 Å². The van der Waals surface area contributed by atoms with Gasteiger partial charge in [0.15, 0.2) is 5.82 Å². The van der Waals surface area contributed by atoms with E-state index in [1.807, 2.05) is 6.07 Å². The average Bonchev–Trinajstić information content (AvgIpc) is 3.56. The van der Waals surface area contributed by atoms with Crippen LogP contribution in [0.1, 0.15) is 27.2 Å². The van der Waals surface area contributed by atoms with Gasteiger partial charge in [0.25, 0.3) is 0 Å². The Kier molecular flexibility index (Phi) is 8.90. The van der Waals surface area contributed by atoms with Crippen LogP contribution >= 0.6 is 12.4 Å². The molecule has 3 heterocycles. The minimum absolute atomic E-state index is 0. The first-order valence-electron chi connectivity index (χ1n) is 12.0. The summed E-state index contributed by atoms with van der Waals surface area (Å²) in [5.74, 6) is 0.495. The van der Waals surface area contributed by atoms with Crippen molar-refractivity contribution in [3.8, 4) is 17.3 Å². The maximum Gasteiger partial charge on any atom is 0.405 e. The highest BCUT2D eigenvalue weighted by Gasteiger charge is 2.46. The molecular formula is C26H32ClN5O7. The largest absolute Gasteiger partial charge is 0.497 e. The van der Waals surface area contributed by atoms with Gasteiger partial charge in [0.1, 0.15) is 29.7 Å². The Bertz CT molecular complexity index is 1340. The van der Waals surface area contributed by atoms with Gasteiger partial charge in [0.2, 0.25) is 5.91 Å². The fourth-order valence-electron chi connectivity index (χ4n) is 4.51. The number of amides is 2. The number of carbonyl (C=O) groups is 3. The van der Waals surface area contributed by atoms with Gasteiger partial charge in [-0.25, -0.2) is 19.3 Å². The van der Waals surface area contributed by atoms with Gasteiger partial charge in [-0.1, -0.05) is 20.8 Å². The maximum absolute atomic E-state index is 13.6. The fourth-order valence-corrected chi connectivity index (χ4v) is 4.51. The molecule has 1 saturated heterocycles. The Hall–Kier alpha value is -4.06. The first-order chi connectivity index (χ1) is 18.0. The van der Waals surface area contributed by atoms with Crippen molar-refractivity contribution in [1.29, 1.82) is 0 Å². The first kappa shape index (κ1) is 29.5. The number of ether oxygens (including phenoxy) is 3. The van der Waals surface area contributed by atoms with Gasteiger partial charge in [0, 0.05) is 36.3 Å². The summed E-state index contributed by atoms with van der Waals surface area (Å²) in [5.41, 5.74) is -0.130. The second-order valence-corrected chi connectivity index (χ2v) is 10.1. The number of hydrogen-bond acceptors (Lipinski definition) is 8. The van der Waals surface area contributed by atoms with Crippen LogP contribution in [0.4, 0.5) is 4.79 Å². The zero-order valence-corrected chi connectivity index (χ0v) is 23.1. The fraction of sp³-hybridized carbons (Fsp3) is 0.423. The number of carbonyl (C=O) groups excluding carboxylic acids is 2. The summed E-state index contributed by atoms with van der Waals surface area (Å²) < 4.78 is 18.3. The molecule has 0 saturated carbocycles. The zero-order chi connectivity index (χ0) is 27.6. The molecule has 3 aromatic rings. The molecule has 2 amide bonds. The number of halogens is 1. The van der Waals surface area contributed by atoms with Crippen LogP contribution in [0.2, 0.25) is 0 Å². The molecule has 1 aromatic carbocycles. The minimum atomic E-state index is -1.33. The molecule has 210 valence electrons.